The molecule has 4 heterocycles. The van der Waals surface area contributed by atoms with E-state index >= 15 is 0 Å². The molecule has 0 aliphatic carbocycles. The van der Waals surface area contributed by atoms with Crippen LogP contribution >= 0.6 is 15.9 Å². The van der Waals surface area contributed by atoms with Gasteiger partial charge in [0.05, 0.1) is 21.9 Å². The minimum absolute atomic E-state index is 0.236. The van der Waals surface area contributed by atoms with Gasteiger partial charge in [0, 0.05) is 31.3 Å². The number of rotatable bonds is 2. The minimum Gasteiger partial charge on any atom is -0.383 e. The standard InChI is InChI=1S/C15H17BrFN7/c1-23-7-9(6-20-23)10-13(17)22-24-14(18)11(16)12(21-15(10)24)8-3-2-4-19-5-8/h6-8,19H,2-5,18H2,1H3/t8-/m0/s1. The summed E-state index contributed by atoms with van der Waals surface area (Å²) in [7, 11) is 1.78. The zero-order valence-corrected chi connectivity index (χ0v) is 14.7. The third kappa shape index (κ3) is 2.39. The van der Waals surface area contributed by atoms with Crippen molar-refractivity contribution in [1.29, 1.82) is 0 Å². The molecule has 1 aliphatic heterocycles. The van der Waals surface area contributed by atoms with Gasteiger partial charge >= 0.3 is 0 Å². The van der Waals surface area contributed by atoms with Crippen molar-refractivity contribution in [3.05, 3.63) is 28.5 Å². The first-order valence-electron chi connectivity index (χ1n) is 7.79. The molecule has 9 heteroatoms. The number of halogens is 2. The molecule has 3 aromatic heterocycles. The Morgan fingerprint density at radius 1 is 1.46 bits per heavy atom. The number of nitrogen functional groups attached to an aromatic ring is 1. The summed E-state index contributed by atoms with van der Waals surface area (Å²) < 4.78 is 18.1. The Labute approximate surface area is 146 Å². The van der Waals surface area contributed by atoms with E-state index < -0.39 is 5.95 Å². The van der Waals surface area contributed by atoms with Crippen molar-refractivity contribution < 1.29 is 4.39 Å². The highest BCUT2D eigenvalue weighted by atomic mass is 79.9. The van der Waals surface area contributed by atoms with E-state index in [2.05, 4.69) is 31.4 Å². The van der Waals surface area contributed by atoms with E-state index in [1.165, 1.54) is 4.52 Å². The van der Waals surface area contributed by atoms with Gasteiger partial charge in [-0.1, -0.05) is 0 Å². The summed E-state index contributed by atoms with van der Waals surface area (Å²) in [5.74, 6) is -0.0113. The minimum atomic E-state index is -0.604. The van der Waals surface area contributed by atoms with Crippen LogP contribution in [0.1, 0.15) is 24.5 Å². The summed E-state index contributed by atoms with van der Waals surface area (Å²) in [4.78, 5) is 4.72. The number of nitrogens with zero attached hydrogens (tertiary/aromatic N) is 5. The Bertz CT molecular complexity index is 910. The van der Waals surface area contributed by atoms with Crippen molar-refractivity contribution in [3.8, 4) is 11.1 Å². The second kappa shape index (κ2) is 5.82. The lowest BCUT2D eigenvalue weighted by Gasteiger charge is -2.23. The maximum absolute atomic E-state index is 14.5. The van der Waals surface area contributed by atoms with Crippen LogP contribution in [0, 0.1) is 5.95 Å². The summed E-state index contributed by atoms with van der Waals surface area (Å²) >= 11 is 3.52. The van der Waals surface area contributed by atoms with E-state index in [4.69, 9.17) is 10.7 Å². The Kier molecular flexibility index (Phi) is 3.76. The lowest BCUT2D eigenvalue weighted by Crippen LogP contribution is -2.29. The summed E-state index contributed by atoms with van der Waals surface area (Å²) in [6, 6.07) is 0. The molecule has 0 bridgehead atoms. The van der Waals surface area contributed by atoms with Gasteiger partial charge in [-0.2, -0.15) is 14.0 Å². The second-order valence-corrected chi connectivity index (χ2v) is 6.84. The van der Waals surface area contributed by atoms with Crippen molar-refractivity contribution in [2.45, 2.75) is 18.8 Å². The number of nitrogens with two attached hydrogens (primary N) is 1. The van der Waals surface area contributed by atoms with Crippen LogP contribution in [0.25, 0.3) is 16.8 Å². The average Bonchev–Trinajstić information content (AvgIpc) is 3.14. The summed E-state index contributed by atoms with van der Waals surface area (Å²) in [6.07, 6.45) is 5.43. The van der Waals surface area contributed by atoms with E-state index in [9.17, 15) is 4.39 Å². The Morgan fingerprint density at radius 3 is 2.96 bits per heavy atom. The van der Waals surface area contributed by atoms with Gasteiger partial charge in [-0.05, 0) is 35.3 Å². The van der Waals surface area contributed by atoms with Crippen LogP contribution in [0.4, 0.5) is 10.2 Å². The van der Waals surface area contributed by atoms with E-state index in [-0.39, 0.29) is 5.92 Å². The molecule has 0 saturated carbocycles. The predicted molar refractivity (Wildman–Crippen MR) is 92.1 cm³/mol. The van der Waals surface area contributed by atoms with Gasteiger partial charge in [0.25, 0.3) is 0 Å². The zero-order valence-electron chi connectivity index (χ0n) is 13.1. The Hall–Kier alpha value is -2.00. The number of hydrogen-bond acceptors (Lipinski definition) is 5. The van der Waals surface area contributed by atoms with Gasteiger partial charge in [0.1, 0.15) is 5.82 Å². The third-order valence-electron chi connectivity index (χ3n) is 4.40. The zero-order chi connectivity index (χ0) is 16.8. The number of aromatic nitrogens is 5. The quantitative estimate of drug-likeness (QED) is 0.695. The predicted octanol–water partition coefficient (Wildman–Crippen LogP) is 2.08. The van der Waals surface area contributed by atoms with Gasteiger partial charge in [-0.25, -0.2) is 4.98 Å². The number of fused-ring (bicyclic) bond motifs is 1. The Balaban J connectivity index is 1.94. The maximum atomic E-state index is 14.5. The van der Waals surface area contributed by atoms with Crippen LogP contribution in [0.15, 0.2) is 16.9 Å². The maximum Gasteiger partial charge on any atom is 0.243 e. The number of nitrogens with one attached hydrogen (secondary N) is 1. The molecule has 126 valence electrons. The van der Waals surface area contributed by atoms with Gasteiger partial charge in [0.2, 0.25) is 5.95 Å². The molecule has 3 N–H and O–H groups in total. The van der Waals surface area contributed by atoms with Crippen molar-refractivity contribution in [2.75, 3.05) is 18.8 Å². The summed E-state index contributed by atoms with van der Waals surface area (Å²) in [5, 5.41) is 11.4. The molecule has 1 aliphatic rings. The van der Waals surface area contributed by atoms with Gasteiger partial charge < -0.3 is 11.1 Å². The molecule has 0 unspecified atom stereocenters. The number of hydrogen-bond donors (Lipinski definition) is 2. The first-order valence-corrected chi connectivity index (χ1v) is 8.58. The summed E-state index contributed by atoms with van der Waals surface area (Å²) in [5.41, 5.74) is 8.42. The molecule has 7 nitrogen and oxygen atoms in total. The fourth-order valence-corrected chi connectivity index (χ4v) is 3.78. The number of anilines is 1. The monoisotopic (exact) mass is 393 g/mol. The molecule has 24 heavy (non-hydrogen) atoms. The fourth-order valence-electron chi connectivity index (χ4n) is 3.20. The first-order chi connectivity index (χ1) is 11.6. The molecule has 1 saturated heterocycles. The molecule has 0 aromatic carbocycles. The number of piperidine rings is 1. The molecular formula is C15H17BrFN7. The molecule has 0 spiro atoms. The van der Waals surface area contributed by atoms with Crippen LogP contribution in [0.5, 0.6) is 0 Å². The number of aryl methyl sites for hydroxylation is 1. The normalized spacial score (nSPS) is 18.4. The molecule has 1 atom stereocenters. The lowest BCUT2D eigenvalue weighted by molar-refractivity contribution is 0.453. The molecule has 1 fully saturated rings. The van der Waals surface area contributed by atoms with Crippen LogP contribution < -0.4 is 11.1 Å². The highest BCUT2D eigenvalue weighted by Crippen LogP contribution is 2.35. The van der Waals surface area contributed by atoms with Crippen LogP contribution in [0.2, 0.25) is 0 Å². The molecule has 3 aromatic rings. The topological polar surface area (TPSA) is 86.1 Å². The van der Waals surface area contributed by atoms with Crippen LogP contribution in [-0.2, 0) is 7.05 Å². The molecular weight excluding hydrogens is 377 g/mol. The largest absolute Gasteiger partial charge is 0.383 e. The molecule has 0 amide bonds. The van der Waals surface area contributed by atoms with E-state index in [1.807, 2.05) is 0 Å². The van der Waals surface area contributed by atoms with Crippen LogP contribution in [-0.4, -0.2) is 37.5 Å². The van der Waals surface area contributed by atoms with E-state index in [0.717, 1.165) is 31.6 Å². The van der Waals surface area contributed by atoms with Gasteiger partial charge in [-0.3, -0.25) is 4.68 Å². The van der Waals surface area contributed by atoms with Gasteiger partial charge in [0.15, 0.2) is 5.65 Å². The van der Waals surface area contributed by atoms with Gasteiger partial charge in [-0.15, -0.1) is 5.10 Å². The van der Waals surface area contributed by atoms with E-state index in [1.54, 1.807) is 24.1 Å². The van der Waals surface area contributed by atoms with Crippen molar-refractivity contribution in [1.82, 2.24) is 29.7 Å². The van der Waals surface area contributed by atoms with Crippen LogP contribution in [0.3, 0.4) is 0 Å². The van der Waals surface area contributed by atoms with Crippen molar-refractivity contribution in [3.63, 3.8) is 0 Å². The highest BCUT2D eigenvalue weighted by Gasteiger charge is 2.26. The SMILES string of the molecule is Cn1cc(-c2c(F)nn3c(N)c(Br)c([C@H]4CCCNC4)nc23)cn1. The smallest absolute Gasteiger partial charge is 0.243 e. The van der Waals surface area contributed by atoms with E-state index in [0.29, 0.717) is 27.1 Å². The third-order valence-corrected chi connectivity index (χ3v) is 5.21. The molecule has 0 radical (unpaired) electrons. The van der Waals surface area contributed by atoms with Crippen molar-refractivity contribution >= 4 is 27.4 Å². The summed E-state index contributed by atoms with van der Waals surface area (Å²) in [6.45, 7) is 1.84. The second-order valence-electron chi connectivity index (χ2n) is 6.04. The molecule has 4 rings (SSSR count). The highest BCUT2D eigenvalue weighted by molar-refractivity contribution is 9.10. The van der Waals surface area contributed by atoms with Crippen molar-refractivity contribution in [2.24, 2.45) is 7.05 Å². The Morgan fingerprint density at radius 2 is 2.29 bits per heavy atom. The average molecular weight is 394 g/mol. The lowest BCUT2D eigenvalue weighted by atomic mass is 9.96. The first kappa shape index (κ1) is 15.5. The fraction of sp³-hybridized carbons (Fsp3) is 0.400.